The highest BCUT2D eigenvalue weighted by Crippen LogP contribution is 2.23. The monoisotopic (exact) mass is 272 g/mol. The number of hydrogen-bond acceptors (Lipinski definition) is 5. The van der Waals surface area contributed by atoms with Crippen molar-refractivity contribution in [2.45, 2.75) is 20.5 Å². The predicted octanol–water partition coefficient (Wildman–Crippen LogP) is 0.570. The van der Waals surface area contributed by atoms with E-state index in [1.54, 1.807) is 4.90 Å². The van der Waals surface area contributed by atoms with Gasteiger partial charge in [-0.25, -0.2) is 9.97 Å². The fourth-order valence-electron chi connectivity index (χ4n) is 1.65. The molecule has 0 aliphatic rings. The van der Waals surface area contributed by atoms with Gasteiger partial charge in [0.15, 0.2) is 0 Å². The standard InChI is InChI=1S/C11H17ClN4O2/c1-7(2)3-16(4-9(13)18)11-8(5-17)10(12)14-6-15-11/h6-7,17H,3-5H2,1-2H3,(H2,13,18). The van der Waals surface area contributed by atoms with Crippen molar-refractivity contribution in [1.29, 1.82) is 0 Å². The minimum Gasteiger partial charge on any atom is -0.391 e. The zero-order valence-electron chi connectivity index (χ0n) is 10.4. The van der Waals surface area contributed by atoms with Crippen LogP contribution >= 0.6 is 11.6 Å². The van der Waals surface area contributed by atoms with Crippen molar-refractivity contribution in [3.8, 4) is 0 Å². The molecule has 6 nitrogen and oxygen atoms in total. The molecular formula is C11H17ClN4O2. The lowest BCUT2D eigenvalue weighted by Gasteiger charge is -2.25. The fraction of sp³-hybridized carbons (Fsp3) is 0.545. The number of amides is 1. The van der Waals surface area contributed by atoms with Crippen molar-refractivity contribution < 1.29 is 9.90 Å². The zero-order chi connectivity index (χ0) is 13.7. The van der Waals surface area contributed by atoms with E-state index < -0.39 is 5.91 Å². The number of carbonyl (C=O) groups is 1. The third kappa shape index (κ3) is 3.82. The van der Waals surface area contributed by atoms with Gasteiger partial charge in [0.1, 0.15) is 17.3 Å². The molecule has 18 heavy (non-hydrogen) atoms. The number of nitrogens with zero attached hydrogens (tertiary/aromatic N) is 3. The van der Waals surface area contributed by atoms with Gasteiger partial charge in [-0.2, -0.15) is 0 Å². The first kappa shape index (κ1) is 14.7. The maximum atomic E-state index is 11.1. The van der Waals surface area contributed by atoms with Gasteiger partial charge in [0, 0.05) is 6.54 Å². The Hall–Kier alpha value is -1.40. The number of aliphatic hydroxyl groups excluding tert-OH is 1. The van der Waals surface area contributed by atoms with E-state index >= 15 is 0 Å². The van der Waals surface area contributed by atoms with Crippen molar-refractivity contribution >= 4 is 23.3 Å². The highest BCUT2D eigenvalue weighted by atomic mass is 35.5. The third-order valence-electron chi connectivity index (χ3n) is 2.26. The summed E-state index contributed by atoms with van der Waals surface area (Å²) in [4.78, 5) is 20.7. The highest BCUT2D eigenvalue weighted by molar-refractivity contribution is 6.30. The Labute approximate surface area is 111 Å². The number of anilines is 1. The van der Waals surface area contributed by atoms with E-state index in [-0.39, 0.29) is 18.3 Å². The van der Waals surface area contributed by atoms with Gasteiger partial charge in [0.25, 0.3) is 0 Å². The van der Waals surface area contributed by atoms with Gasteiger partial charge in [0.05, 0.1) is 18.7 Å². The van der Waals surface area contributed by atoms with Crippen molar-refractivity contribution in [2.75, 3.05) is 18.0 Å². The molecule has 0 radical (unpaired) electrons. The van der Waals surface area contributed by atoms with E-state index in [0.29, 0.717) is 23.8 Å². The first-order chi connectivity index (χ1) is 8.45. The summed E-state index contributed by atoms with van der Waals surface area (Å²) in [5.41, 5.74) is 5.62. The van der Waals surface area contributed by atoms with Crippen LogP contribution in [0.1, 0.15) is 19.4 Å². The summed E-state index contributed by atoms with van der Waals surface area (Å²) in [6.45, 7) is 4.34. The number of primary amides is 1. The Morgan fingerprint density at radius 1 is 1.56 bits per heavy atom. The quantitative estimate of drug-likeness (QED) is 0.739. The average Bonchev–Trinajstić information content (AvgIpc) is 2.26. The number of carbonyl (C=O) groups excluding carboxylic acids is 1. The van der Waals surface area contributed by atoms with E-state index in [2.05, 4.69) is 9.97 Å². The Kier molecular flexibility index (Phi) is 5.30. The molecule has 0 aliphatic carbocycles. The lowest BCUT2D eigenvalue weighted by Crippen LogP contribution is -2.37. The molecule has 0 fully saturated rings. The Morgan fingerprint density at radius 2 is 2.22 bits per heavy atom. The fourth-order valence-corrected chi connectivity index (χ4v) is 1.83. The van der Waals surface area contributed by atoms with Crippen LogP contribution in [0.15, 0.2) is 6.33 Å². The summed E-state index contributed by atoms with van der Waals surface area (Å²) >= 11 is 5.89. The molecule has 0 spiro atoms. The van der Waals surface area contributed by atoms with Crippen LogP contribution in [0.3, 0.4) is 0 Å². The molecule has 1 rings (SSSR count). The molecule has 0 saturated heterocycles. The second-order valence-corrected chi connectivity index (χ2v) is 4.72. The minimum absolute atomic E-state index is 0.0263. The Bertz CT molecular complexity index is 426. The van der Waals surface area contributed by atoms with Gasteiger partial charge >= 0.3 is 0 Å². The topological polar surface area (TPSA) is 92.3 Å². The van der Waals surface area contributed by atoms with E-state index in [1.165, 1.54) is 6.33 Å². The van der Waals surface area contributed by atoms with Crippen molar-refractivity contribution in [1.82, 2.24) is 9.97 Å². The summed E-state index contributed by atoms with van der Waals surface area (Å²) in [5, 5.41) is 9.49. The Balaban J connectivity index is 3.11. The van der Waals surface area contributed by atoms with Crippen molar-refractivity contribution in [3.63, 3.8) is 0 Å². The third-order valence-corrected chi connectivity index (χ3v) is 2.59. The SMILES string of the molecule is CC(C)CN(CC(N)=O)c1ncnc(Cl)c1CO. The molecule has 1 aromatic heterocycles. The number of hydrogen-bond donors (Lipinski definition) is 2. The Morgan fingerprint density at radius 3 is 2.72 bits per heavy atom. The summed E-state index contributed by atoms with van der Waals surface area (Å²) < 4.78 is 0. The summed E-state index contributed by atoms with van der Waals surface area (Å²) in [5.74, 6) is 0.295. The van der Waals surface area contributed by atoms with Crippen LogP contribution in [0.2, 0.25) is 5.15 Å². The first-order valence-corrected chi connectivity index (χ1v) is 5.97. The van der Waals surface area contributed by atoms with Crippen LogP contribution < -0.4 is 10.6 Å². The maximum Gasteiger partial charge on any atom is 0.236 e. The van der Waals surface area contributed by atoms with Crippen LogP contribution in [0.4, 0.5) is 5.82 Å². The summed E-state index contributed by atoms with van der Waals surface area (Å²) in [6, 6.07) is 0. The van der Waals surface area contributed by atoms with E-state index in [4.69, 9.17) is 17.3 Å². The van der Waals surface area contributed by atoms with E-state index in [9.17, 15) is 9.90 Å². The second-order valence-electron chi connectivity index (χ2n) is 4.37. The molecule has 1 amide bonds. The number of nitrogens with two attached hydrogens (primary N) is 1. The van der Waals surface area contributed by atoms with Crippen LogP contribution in [-0.2, 0) is 11.4 Å². The van der Waals surface area contributed by atoms with Gasteiger partial charge in [-0.1, -0.05) is 25.4 Å². The molecular weight excluding hydrogens is 256 g/mol. The molecule has 0 aromatic carbocycles. The van der Waals surface area contributed by atoms with Crippen molar-refractivity contribution in [3.05, 3.63) is 17.0 Å². The number of aliphatic hydroxyl groups is 1. The smallest absolute Gasteiger partial charge is 0.236 e. The molecule has 0 aliphatic heterocycles. The van der Waals surface area contributed by atoms with Gasteiger partial charge in [-0.3, -0.25) is 4.79 Å². The second kappa shape index (κ2) is 6.51. The van der Waals surface area contributed by atoms with Crippen LogP contribution in [-0.4, -0.2) is 34.1 Å². The summed E-state index contributed by atoms with van der Waals surface area (Å²) in [6.07, 6.45) is 1.30. The molecule has 0 saturated carbocycles. The molecule has 7 heteroatoms. The van der Waals surface area contributed by atoms with E-state index in [0.717, 1.165) is 0 Å². The van der Waals surface area contributed by atoms with E-state index in [1.807, 2.05) is 13.8 Å². The van der Waals surface area contributed by atoms with Crippen LogP contribution in [0, 0.1) is 5.92 Å². The largest absolute Gasteiger partial charge is 0.391 e. The van der Waals surface area contributed by atoms with Crippen molar-refractivity contribution in [2.24, 2.45) is 11.7 Å². The van der Waals surface area contributed by atoms with Crippen LogP contribution in [0.25, 0.3) is 0 Å². The molecule has 1 aromatic rings. The minimum atomic E-state index is -0.464. The lowest BCUT2D eigenvalue weighted by atomic mass is 10.2. The zero-order valence-corrected chi connectivity index (χ0v) is 11.2. The number of rotatable bonds is 6. The molecule has 100 valence electrons. The van der Waals surface area contributed by atoms with Gasteiger partial charge in [-0.05, 0) is 5.92 Å². The molecule has 3 N–H and O–H groups in total. The van der Waals surface area contributed by atoms with Crippen LogP contribution in [0.5, 0.6) is 0 Å². The number of halogens is 1. The highest BCUT2D eigenvalue weighted by Gasteiger charge is 2.18. The maximum absolute atomic E-state index is 11.1. The van der Waals surface area contributed by atoms with Gasteiger partial charge in [-0.15, -0.1) is 0 Å². The molecule has 0 bridgehead atoms. The molecule has 0 atom stereocenters. The number of aromatic nitrogens is 2. The average molecular weight is 273 g/mol. The lowest BCUT2D eigenvalue weighted by molar-refractivity contribution is -0.116. The van der Waals surface area contributed by atoms with Gasteiger partial charge in [0.2, 0.25) is 5.91 Å². The molecule has 0 unspecified atom stereocenters. The molecule has 1 heterocycles. The summed E-state index contributed by atoms with van der Waals surface area (Å²) in [7, 11) is 0. The normalized spacial score (nSPS) is 10.7. The first-order valence-electron chi connectivity index (χ1n) is 5.59. The predicted molar refractivity (Wildman–Crippen MR) is 69.2 cm³/mol. The van der Waals surface area contributed by atoms with Gasteiger partial charge < -0.3 is 15.7 Å².